The van der Waals surface area contributed by atoms with Crippen molar-refractivity contribution in [2.24, 2.45) is 0 Å². The summed E-state index contributed by atoms with van der Waals surface area (Å²) in [5, 5.41) is 11.6. The van der Waals surface area contributed by atoms with Gasteiger partial charge < -0.3 is 9.73 Å². The molecule has 1 amide bonds. The lowest BCUT2D eigenvalue weighted by Gasteiger charge is -2.18. The van der Waals surface area contributed by atoms with Gasteiger partial charge in [-0.3, -0.25) is 4.79 Å². The molecule has 3 rings (SSSR count). The number of carbonyl (C=O) groups excluding carboxylic acids is 1. The number of hydrogen-bond donors (Lipinski definition) is 1. The molecule has 0 unspecified atom stereocenters. The van der Waals surface area contributed by atoms with Crippen LogP contribution in [0.3, 0.4) is 0 Å². The molecular weight excluding hydrogens is 346 g/mol. The zero-order valence-corrected chi connectivity index (χ0v) is 16.6. The Bertz CT molecular complexity index is 751. The summed E-state index contributed by atoms with van der Waals surface area (Å²) in [5.41, 5.74) is 3.32. The molecule has 1 saturated carbocycles. The molecule has 2 aromatic rings. The van der Waals surface area contributed by atoms with E-state index < -0.39 is 0 Å². The van der Waals surface area contributed by atoms with E-state index in [2.05, 4.69) is 29.4 Å². The van der Waals surface area contributed by atoms with Gasteiger partial charge in [0.2, 0.25) is 11.8 Å². The van der Waals surface area contributed by atoms with Gasteiger partial charge in [-0.25, -0.2) is 0 Å². The molecule has 0 radical (unpaired) electrons. The van der Waals surface area contributed by atoms with E-state index in [4.69, 9.17) is 4.42 Å². The largest absolute Gasteiger partial charge is 0.411 e. The summed E-state index contributed by atoms with van der Waals surface area (Å²) >= 11 is 1.32. The molecule has 0 bridgehead atoms. The lowest BCUT2D eigenvalue weighted by Crippen LogP contribution is -2.39. The van der Waals surface area contributed by atoms with E-state index in [1.54, 1.807) is 0 Å². The summed E-state index contributed by atoms with van der Waals surface area (Å²) < 4.78 is 5.76. The van der Waals surface area contributed by atoms with Crippen LogP contribution in [0.15, 0.2) is 27.8 Å². The first-order valence-corrected chi connectivity index (χ1v) is 10.3. The van der Waals surface area contributed by atoms with Gasteiger partial charge in [-0.15, -0.1) is 10.2 Å². The first-order valence-electron chi connectivity index (χ1n) is 9.41. The second kappa shape index (κ2) is 8.71. The third-order valence-corrected chi connectivity index (χ3v) is 5.94. The van der Waals surface area contributed by atoms with E-state index in [9.17, 15) is 4.79 Å². The van der Waals surface area contributed by atoms with Gasteiger partial charge in [0, 0.05) is 11.6 Å². The molecule has 1 aliphatic carbocycles. The molecule has 1 fully saturated rings. The van der Waals surface area contributed by atoms with Crippen molar-refractivity contribution in [2.45, 2.75) is 75.8 Å². The van der Waals surface area contributed by atoms with Crippen LogP contribution in [0.1, 0.15) is 56.6 Å². The van der Waals surface area contributed by atoms with Crippen molar-refractivity contribution in [1.29, 1.82) is 0 Å². The molecular formula is C20H27N3O2S. The second-order valence-electron chi connectivity index (χ2n) is 7.13. The number of amides is 1. The van der Waals surface area contributed by atoms with Crippen LogP contribution in [-0.4, -0.2) is 27.4 Å². The smallest absolute Gasteiger partial charge is 0.277 e. The predicted molar refractivity (Wildman–Crippen MR) is 104 cm³/mol. The quantitative estimate of drug-likeness (QED) is 0.609. The normalized spacial score (nSPS) is 16.9. The fourth-order valence-electron chi connectivity index (χ4n) is 3.20. The number of aromatic nitrogens is 2. The van der Waals surface area contributed by atoms with Crippen LogP contribution in [0.25, 0.3) is 11.5 Å². The summed E-state index contributed by atoms with van der Waals surface area (Å²) in [4.78, 5) is 12.5. The number of nitrogens with one attached hydrogen (secondary N) is 1. The van der Waals surface area contributed by atoms with Crippen molar-refractivity contribution >= 4 is 17.7 Å². The maximum Gasteiger partial charge on any atom is 0.277 e. The maximum absolute atomic E-state index is 12.5. The average molecular weight is 374 g/mol. The zero-order valence-electron chi connectivity index (χ0n) is 15.7. The van der Waals surface area contributed by atoms with E-state index in [-0.39, 0.29) is 11.2 Å². The van der Waals surface area contributed by atoms with E-state index in [0.29, 0.717) is 17.2 Å². The molecule has 1 aromatic carbocycles. The van der Waals surface area contributed by atoms with Crippen molar-refractivity contribution in [3.63, 3.8) is 0 Å². The average Bonchev–Trinajstić information content (AvgIpc) is 2.93. The second-order valence-corrected chi connectivity index (χ2v) is 8.42. The van der Waals surface area contributed by atoms with Crippen LogP contribution in [0, 0.1) is 13.8 Å². The standard InChI is InChI=1S/C20H27N3O2S/c1-13-10-11-16(12-14(13)2)19-22-23-20(25-19)26-15(3)18(24)21-17-8-6-4-5-7-9-17/h10-12,15,17H,4-9H2,1-3H3,(H,21,24)/t15-/m1/s1. The number of aryl methyl sites for hydroxylation is 2. The summed E-state index contributed by atoms with van der Waals surface area (Å²) in [6.07, 6.45) is 7.13. The number of benzene rings is 1. The molecule has 1 atom stereocenters. The Balaban J connectivity index is 1.59. The number of carbonyl (C=O) groups is 1. The molecule has 26 heavy (non-hydrogen) atoms. The van der Waals surface area contributed by atoms with Crippen LogP contribution in [0.5, 0.6) is 0 Å². The molecule has 0 spiro atoms. The van der Waals surface area contributed by atoms with Gasteiger partial charge in [0.05, 0.1) is 5.25 Å². The molecule has 140 valence electrons. The highest BCUT2D eigenvalue weighted by atomic mass is 32.2. The number of thioether (sulfide) groups is 1. The SMILES string of the molecule is Cc1ccc(-c2nnc(S[C@H](C)C(=O)NC3CCCCCC3)o2)cc1C. The summed E-state index contributed by atoms with van der Waals surface area (Å²) in [7, 11) is 0. The number of nitrogens with zero attached hydrogens (tertiary/aromatic N) is 2. The van der Waals surface area contributed by atoms with E-state index >= 15 is 0 Å². The molecule has 0 aliphatic heterocycles. The molecule has 1 heterocycles. The van der Waals surface area contributed by atoms with Crippen molar-refractivity contribution < 1.29 is 9.21 Å². The molecule has 0 saturated heterocycles. The van der Waals surface area contributed by atoms with Crippen LogP contribution >= 0.6 is 11.8 Å². The summed E-state index contributed by atoms with van der Waals surface area (Å²) in [5.74, 6) is 0.541. The minimum atomic E-state index is -0.258. The molecule has 1 N–H and O–H groups in total. The van der Waals surface area contributed by atoms with E-state index in [1.165, 1.54) is 48.6 Å². The first kappa shape index (κ1) is 19.0. The lowest BCUT2D eigenvalue weighted by atomic mass is 10.1. The van der Waals surface area contributed by atoms with Crippen LogP contribution < -0.4 is 5.32 Å². The van der Waals surface area contributed by atoms with Gasteiger partial charge in [0.25, 0.3) is 5.22 Å². The monoisotopic (exact) mass is 373 g/mol. The number of hydrogen-bond acceptors (Lipinski definition) is 5. The fraction of sp³-hybridized carbons (Fsp3) is 0.550. The fourth-order valence-corrected chi connectivity index (χ4v) is 3.89. The highest BCUT2D eigenvalue weighted by molar-refractivity contribution is 8.00. The zero-order chi connectivity index (χ0) is 18.5. The van der Waals surface area contributed by atoms with Crippen molar-refractivity contribution in [1.82, 2.24) is 15.5 Å². The molecule has 1 aliphatic rings. The van der Waals surface area contributed by atoms with E-state index in [0.717, 1.165) is 18.4 Å². The van der Waals surface area contributed by atoms with Crippen LogP contribution in [0.2, 0.25) is 0 Å². The molecule has 5 nitrogen and oxygen atoms in total. The van der Waals surface area contributed by atoms with Gasteiger partial charge in [0.1, 0.15) is 0 Å². The highest BCUT2D eigenvalue weighted by Crippen LogP contribution is 2.27. The van der Waals surface area contributed by atoms with Gasteiger partial charge in [-0.1, -0.05) is 43.5 Å². The molecule has 6 heteroatoms. The summed E-state index contributed by atoms with van der Waals surface area (Å²) in [6.45, 7) is 6.02. The maximum atomic E-state index is 12.5. The highest BCUT2D eigenvalue weighted by Gasteiger charge is 2.22. The summed E-state index contributed by atoms with van der Waals surface area (Å²) in [6, 6.07) is 6.37. The Morgan fingerprint density at radius 3 is 2.58 bits per heavy atom. The van der Waals surface area contributed by atoms with E-state index in [1.807, 2.05) is 25.1 Å². The third kappa shape index (κ3) is 4.87. The van der Waals surface area contributed by atoms with Crippen LogP contribution in [-0.2, 0) is 4.79 Å². The Labute approximate surface area is 159 Å². The minimum absolute atomic E-state index is 0.0489. The Hall–Kier alpha value is -1.82. The van der Waals surface area contributed by atoms with Crippen molar-refractivity contribution in [2.75, 3.05) is 0 Å². The van der Waals surface area contributed by atoms with Gasteiger partial charge >= 0.3 is 0 Å². The lowest BCUT2D eigenvalue weighted by molar-refractivity contribution is -0.121. The Morgan fingerprint density at radius 1 is 1.15 bits per heavy atom. The van der Waals surface area contributed by atoms with Gasteiger partial charge in [-0.2, -0.15) is 0 Å². The minimum Gasteiger partial charge on any atom is -0.411 e. The Morgan fingerprint density at radius 2 is 1.88 bits per heavy atom. The first-order chi connectivity index (χ1) is 12.5. The number of rotatable bonds is 5. The van der Waals surface area contributed by atoms with Gasteiger partial charge in [0.15, 0.2) is 0 Å². The van der Waals surface area contributed by atoms with Crippen molar-refractivity contribution in [3.05, 3.63) is 29.3 Å². The Kier molecular flexibility index (Phi) is 6.35. The topological polar surface area (TPSA) is 68.0 Å². The third-order valence-electron chi connectivity index (χ3n) is 5.01. The molecule has 1 aromatic heterocycles. The van der Waals surface area contributed by atoms with Crippen molar-refractivity contribution in [3.8, 4) is 11.5 Å². The van der Waals surface area contributed by atoms with Crippen LogP contribution in [0.4, 0.5) is 0 Å². The predicted octanol–water partition coefficient (Wildman–Crippen LogP) is 4.67. The van der Waals surface area contributed by atoms with Gasteiger partial charge in [-0.05, 0) is 56.9 Å².